The molecule has 1 aliphatic rings. The van der Waals surface area contributed by atoms with Crippen LogP contribution in [-0.2, 0) is 4.79 Å². The SMILES string of the molecule is CC1=C(/C=C/C(C)=C/C=C/C(C)=C\C(=O)Sc2ccccc2F)C(C)(C)CCC1n1ccnc1. The smallest absolute Gasteiger partial charge is 0.217 e. The van der Waals surface area contributed by atoms with Crippen LogP contribution in [0.3, 0.4) is 0 Å². The molecule has 3 nitrogen and oxygen atoms in total. The van der Waals surface area contributed by atoms with Crippen molar-refractivity contribution in [2.24, 2.45) is 5.41 Å². The van der Waals surface area contributed by atoms with Crippen molar-refractivity contribution < 1.29 is 9.18 Å². The number of carbonyl (C=O) groups is 1. The highest BCUT2D eigenvalue weighted by Gasteiger charge is 2.32. The fourth-order valence-corrected chi connectivity index (χ4v) is 5.04. The Hall–Kier alpha value is -2.92. The van der Waals surface area contributed by atoms with Crippen LogP contribution in [0.5, 0.6) is 0 Å². The summed E-state index contributed by atoms with van der Waals surface area (Å²) in [6, 6.07) is 6.66. The predicted octanol–water partition coefficient (Wildman–Crippen LogP) is 8.02. The quantitative estimate of drug-likeness (QED) is 0.230. The highest BCUT2D eigenvalue weighted by atomic mass is 32.2. The predicted molar refractivity (Wildman–Crippen MR) is 140 cm³/mol. The summed E-state index contributed by atoms with van der Waals surface area (Å²) in [5, 5.41) is -0.192. The van der Waals surface area contributed by atoms with Gasteiger partial charge in [-0.1, -0.05) is 61.9 Å². The summed E-state index contributed by atoms with van der Waals surface area (Å²) < 4.78 is 15.9. The molecule has 1 aromatic carbocycles. The summed E-state index contributed by atoms with van der Waals surface area (Å²) in [7, 11) is 0. The molecular weight excluding hydrogens is 443 g/mol. The molecule has 34 heavy (non-hydrogen) atoms. The fourth-order valence-electron chi connectivity index (χ4n) is 4.27. The number of nitrogens with zero attached hydrogens (tertiary/aromatic N) is 2. The Morgan fingerprint density at radius 1 is 1.21 bits per heavy atom. The van der Waals surface area contributed by atoms with E-state index in [0.717, 1.165) is 35.7 Å². The van der Waals surface area contributed by atoms with Gasteiger partial charge in [0.2, 0.25) is 5.12 Å². The molecule has 0 spiro atoms. The monoisotopic (exact) mass is 476 g/mol. The summed E-state index contributed by atoms with van der Waals surface area (Å²) in [6.07, 6.45) is 19.8. The van der Waals surface area contributed by atoms with E-state index in [1.807, 2.05) is 43.9 Å². The van der Waals surface area contributed by atoms with Crippen molar-refractivity contribution in [1.82, 2.24) is 9.55 Å². The van der Waals surface area contributed by atoms with Crippen molar-refractivity contribution in [3.63, 3.8) is 0 Å². The second-order valence-corrected chi connectivity index (χ2v) is 10.4. The van der Waals surface area contributed by atoms with Gasteiger partial charge in [-0.15, -0.1) is 0 Å². The van der Waals surface area contributed by atoms with Crippen molar-refractivity contribution >= 4 is 16.9 Å². The van der Waals surface area contributed by atoms with E-state index in [1.54, 1.807) is 18.2 Å². The van der Waals surface area contributed by atoms with Crippen LogP contribution < -0.4 is 0 Å². The van der Waals surface area contributed by atoms with Gasteiger partial charge < -0.3 is 4.57 Å². The third-order valence-corrected chi connectivity index (χ3v) is 7.08. The Bertz CT molecular complexity index is 1170. The van der Waals surface area contributed by atoms with Gasteiger partial charge in [0.1, 0.15) is 5.82 Å². The molecule has 0 aliphatic heterocycles. The van der Waals surface area contributed by atoms with Gasteiger partial charge in [0.15, 0.2) is 0 Å². The molecule has 0 bridgehead atoms. The molecule has 0 radical (unpaired) electrons. The maximum atomic E-state index is 13.7. The maximum absolute atomic E-state index is 13.7. The number of thioether (sulfide) groups is 1. The van der Waals surface area contributed by atoms with E-state index >= 15 is 0 Å². The number of rotatable bonds is 7. The molecule has 5 heteroatoms. The van der Waals surface area contributed by atoms with Crippen LogP contribution in [0.15, 0.2) is 107 Å². The first-order chi connectivity index (χ1) is 16.2. The average Bonchev–Trinajstić information content (AvgIpc) is 3.29. The van der Waals surface area contributed by atoms with E-state index in [1.165, 1.54) is 23.3 Å². The Labute approximate surface area is 206 Å². The van der Waals surface area contributed by atoms with Gasteiger partial charge >= 0.3 is 0 Å². The number of benzene rings is 1. The van der Waals surface area contributed by atoms with E-state index in [9.17, 15) is 9.18 Å². The minimum Gasteiger partial charge on any atom is -0.330 e. The lowest BCUT2D eigenvalue weighted by Crippen LogP contribution is -2.25. The molecule has 0 saturated heterocycles. The largest absolute Gasteiger partial charge is 0.330 e. The second kappa shape index (κ2) is 11.5. The van der Waals surface area contributed by atoms with E-state index < -0.39 is 0 Å². The summed E-state index contributed by atoms with van der Waals surface area (Å²) in [5.41, 5.74) is 4.83. The molecular formula is C29H33FN2OS. The number of imidazole rings is 1. The third kappa shape index (κ3) is 6.80. The normalized spacial score (nSPS) is 19.4. The lowest BCUT2D eigenvalue weighted by Gasteiger charge is -2.37. The molecule has 0 saturated carbocycles. The Kier molecular flexibility index (Phi) is 8.67. The topological polar surface area (TPSA) is 34.9 Å². The van der Waals surface area contributed by atoms with Gasteiger partial charge in [0, 0.05) is 12.4 Å². The molecule has 0 fully saturated rings. The molecule has 1 aliphatic carbocycles. The van der Waals surface area contributed by atoms with Crippen LogP contribution in [-0.4, -0.2) is 14.7 Å². The summed E-state index contributed by atoms with van der Waals surface area (Å²) in [4.78, 5) is 16.8. The van der Waals surface area contributed by atoms with Crippen LogP contribution >= 0.6 is 11.8 Å². The van der Waals surface area contributed by atoms with Crippen LogP contribution in [0, 0.1) is 11.2 Å². The fraction of sp³-hybridized carbons (Fsp3) is 0.310. The zero-order chi connectivity index (χ0) is 24.7. The van der Waals surface area contributed by atoms with Gasteiger partial charge in [0.05, 0.1) is 17.3 Å². The molecule has 0 N–H and O–H groups in total. The average molecular weight is 477 g/mol. The third-order valence-electron chi connectivity index (χ3n) is 6.21. The first kappa shape index (κ1) is 25.7. The van der Waals surface area contributed by atoms with Crippen molar-refractivity contribution in [1.29, 1.82) is 0 Å². The Morgan fingerprint density at radius 3 is 2.68 bits per heavy atom. The zero-order valence-electron chi connectivity index (χ0n) is 20.6. The van der Waals surface area contributed by atoms with Crippen molar-refractivity contribution in [2.75, 3.05) is 0 Å². The van der Waals surface area contributed by atoms with Gasteiger partial charge in [-0.05, 0) is 85.7 Å². The lowest BCUT2D eigenvalue weighted by molar-refractivity contribution is -0.107. The summed E-state index contributed by atoms with van der Waals surface area (Å²) in [6.45, 7) is 10.8. The second-order valence-electron chi connectivity index (χ2n) is 9.39. The van der Waals surface area contributed by atoms with E-state index in [-0.39, 0.29) is 16.3 Å². The van der Waals surface area contributed by atoms with Gasteiger partial charge in [-0.2, -0.15) is 0 Å². The molecule has 2 aromatic rings. The van der Waals surface area contributed by atoms with Crippen molar-refractivity contribution in [3.05, 3.63) is 108 Å². The van der Waals surface area contributed by atoms with Crippen LogP contribution in [0.2, 0.25) is 0 Å². The summed E-state index contributed by atoms with van der Waals surface area (Å²) >= 11 is 0.900. The number of halogens is 1. The van der Waals surface area contributed by atoms with Crippen molar-refractivity contribution in [2.45, 2.75) is 58.4 Å². The molecule has 1 heterocycles. The molecule has 1 aromatic heterocycles. The first-order valence-electron chi connectivity index (χ1n) is 11.5. The molecule has 178 valence electrons. The van der Waals surface area contributed by atoms with Crippen molar-refractivity contribution in [3.8, 4) is 0 Å². The Balaban J connectivity index is 1.67. The zero-order valence-corrected chi connectivity index (χ0v) is 21.4. The first-order valence-corrected chi connectivity index (χ1v) is 12.4. The molecule has 1 atom stereocenters. The van der Waals surface area contributed by atoms with Gasteiger partial charge in [0.25, 0.3) is 0 Å². The maximum Gasteiger partial charge on any atom is 0.217 e. The van der Waals surface area contributed by atoms with E-state index in [4.69, 9.17) is 0 Å². The Morgan fingerprint density at radius 2 is 1.97 bits per heavy atom. The minimum atomic E-state index is -0.379. The number of hydrogen-bond acceptors (Lipinski definition) is 3. The van der Waals surface area contributed by atoms with Crippen LogP contribution in [0.25, 0.3) is 0 Å². The van der Waals surface area contributed by atoms with Gasteiger partial charge in [-0.3, -0.25) is 4.79 Å². The van der Waals surface area contributed by atoms with E-state index in [0.29, 0.717) is 10.9 Å². The van der Waals surface area contributed by atoms with E-state index in [2.05, 4.69) is 49.4 Å². The minimum absolute atomic E-state index is 0.128. The molecule has 1 unspecified atom stereocenters. The highest BCUT2D eigenvalue weighted by molar-refractivity contribution is 8.14. The standard InChI is InChI=1S/C29H33FN2OS/c1-21(9-8-10-22(2)19-28(33)34-27-12-7-6-11-25(27)30)13-14-24-23(3)26(15-16-29(24,4)5)32-18-17-31-20-32/h6-14,17-20,26H,15-16H2,1-5H3/b10-8+,14-13+,21-9+,22-19-. The number of hydrogen-bond donors (Lipinski definition) is 0. The van der Waals surface area contributed by atoms with Crippen LogP contribution in [0.4, 0.5) is 4.39 Å². The number of carbonyl (C=O) groups excluding carboxylic acids is 1. The van der Waals surface area contributed by atoms with Crippen LogP contribution in [0.1, 0.15) is 53.5 Å². The summed E-state index contributed by atoms with van der Waals surface area (Å²) in [5.74, 6) is -0.379. The number of allylic oxidation sites excluding steroid dienone is 9. The number of aromatic nitrogens is 2. The van der Waals surface area contributed by atoms with Gasteiger partial charge in [-0.25, -0.2) is 9.37 Å². The molecule has 3 rings (SSSR count). The lowest BCUT2D eigenvalue weighted by atomic mass is 9.71. The highest BCUT2D eigenvalue weighted by Crippen LogP contribution is 2.45. The molecule has 0 amide bonds.